The Morgan fingerprint density at radius 2 is 1.73 bits per heavy atom. The van der Waals surface area contributed by atoms with Crippen molar-refractivity contribution >= 4 is 5.78 Å². The Bertz CT molecular complexity index is 179. The molecule has 3 nitrogen and oxygen atoms in total. The van der Waals surface area contributed by atoms with E-state index in [1.807, 2.05) is 0 Å². The fraction of sp³-hybridized carbons (Fsp3) is 0.917. The van der Waals surface area contributed by atoms with Crippen molar-refractivity contribution in [1.82, 2.24) is 0 Å². The quantitative estimate of drug-likeness (QED) is 0.653. The number of hydrogen-bond donors (Lipinski definition) is 0. The molecule has 0 spiro atoms. The molecule has 0 bridgehead atoms. The molecular formula is C12H22O3. The Kier molecular flexibility index (Phi) is 5.88. The Morgan fingerprint density at radius 3 is 2.20 bits per heavy atom. The van der Waals surface area contributed by atoms with Crippen LogP contribution in [0.1, 0.15) is 46.0 Å². The molecule has 0 aromatic carbocycles. The van der Waals surface area contributed by atoms with Gasteiger partial charge >= 0.3 is 0 Å². The molecule has 15 heavy (non-hydrogen) atoms. The molecule has 0 unspecified atom stereocenters. The fourth-order valence-electron chi connectivity index (χ4n) is 2.02. The number of ketones is 1. The van der Waals surface area contributed by atoms with E-state index < -0.39 is 0 Å². The zero-order valence-corrected chi connectivity index (χ0v) is 9.83. The van der Waals surface area contributed by atoms with Gasteiger partial charge in [-0.1, -0.05) is 26.7 Å². The highest BCUT2D eigenvalue weighted by atomic mass is 16.7. The molecule has 0 N–H and O–H groups in total. The summed E-state index contributed by atoms with van der Waals surface area (Å²) in [7, 11) is 0. The topological polar surface area (TPSA) is 35.5 Å². The predicted octanol–water partition coefficient (Wildman–Crippen LogP) is 2.53. The summed E-state index contributed by atoms with van der Waals surface area (Å²) in [4.78, 5) is 11.9. The van der Waals surface area contributed by atoms with Crippen LogP contribution in [-0.4, -0.2) is 25.3 Å². The number of rotatable bonds is 7. The van der Waals surface area contributed by atoms with E-state index in [2.05, 4.69) is 13.8 Å². The first-order valence-corrected chi connectivity index (χ1v) is 6.03. The van der Waals surface area contributed by atoms with Crippen molar-refractivity contribution in [3.8, 4) is 0 Å². The molecule has 0 radical (unpaired) electrons. The lowest BCUT2D eigenvalue weighted by atomic mass is 9.92. The minimum atomic E-state index is -0.270. The minimum Gasteiger partial charge on any atom is -0.350 e. The van der Waals surface area contributed by atoms with Crippen LogP contribution in [0.5, 0.6) is 0 Å². The van der Waals surface area contributed by atoms with E-state index in [1.54, 1.807) is 0 Å². The van der Waals surface area contributed by atoms with Gasteiger partial charge in [0.25, 0.3) is 0 Å². The molecule has 0 atom stereocenters. The summed E-state index contributed by atoms with van der Waals surface area (Å²) < 4.78 is 10.6. The summed E-state index contributed by atoms with van der Waals surface area (Å²) in [5.74, 6) is 0.526. The average molecular weight is 214 g/mol. The predicted molar refractivity (Wildman–Crippen MR) is 58.6 cm³/mol. The number of Topliss-reactive ketones (excluding diaryl/α,β-unsaturated/α-hetero) is 1. The smallest absolute Gasteiger partial charge is 0.164 e. The van der Waals surface area contributed by atoms with Crippen LogP contribution in [0.3, 0.4) is 0 Å². The number of ether oxygens (including phenoxy) is 2. The van der Waals surface area contributed by atoms with Crippen LogP contribution >= 0.6 is 0 Å². The summed E-state index contributed by atoms with van der Waals surface area (Å²) >= 11 is 0. The number of hydrogen-bond acceptors (Lipinski definition) is 3. The molecule has 0 aromatic heterocycles. The standard InChI is InChI=1S/C12H22O3/c1-3-5-10(6-4-2)11(13)9-12-14-7-8-15-12/h10,12H,3-9H2,1-2H3. The molecule has 1 heterocycles. The van der Waals surface area contributed by atoms with Crippen LogP contribution in [0.25, 0.3) is 0 Å². The van der Waals surface area contributed by atoms with Gasteiger partial charge < -0.3 is 9.47 Å². The second-order valence-corrected chi connectivity index (χ2v) is 4.12. The Morgan fingerprint density at radius 1 is 1.20 bits per heavy atom. The summed E-state index contributed by atoms with van der Waals surface area (Å²) in [6.07, 6.45) is 4.31. The van der Waals surface area contributed by atoms with E-state index in [4.69, 9.17) is 9.47 Å². The molecular weight excluding hydrogens is 192 g/mol. The fourth-order valence-corrected chi connectivity index (χ4v) is 2.02. The molecule has 0 aliphatic carbocycles. The summed E-state index contributed by atoms with van der Waals surface area (Å²) in [5.41, 5.74) is 0. The van der Waals surface area contributed by atoms with Crippen LogP contribution in [0.2, 0.25) is 0 Å². The van der Waals surface area contributed by atoms with Gasteiger partial charge in [0.15, 0.2) is 6.29 Å². The summed E-state index contributed by atoms with van der Waals surface area (Å²) in [6, 6.07) is 0. The van der Waals surface area contributed by atoms with Crippen LogP contribution in [-0.2, 0) is 14.3 Å². The van der Waals surface area contributed by atoms with Crippen LogP contribution < -0.4 is 0 Å². The molecule has 0 amide bonds. The third-order valence-corrected chi connectivity index (χ3v) is 2.79. The Labute approximate surface area is 92.1 Å². The van der Waals surface area contributed by atoms with E-state index in [0.717, 1.165) is 25.7 Å². The first-order chi connectivity index (χ1) is 7.27. The van der Waals surface area contributed by atoms with Gasteiger partial charge in [-0.2, -0.15) is 0 Å². The van der Waals surface area contributed by atoms with Crippen molar-refractivity contribution in [2.24, 2.45) is 5.92 Å². The SMILES string of the molecule is CCCC(CCC)C(=O)CC1OCCO1. The zero-order valence-electron chi connectivity index (χ0n) is 9.83. The normalized spacial score (nSPS) is 17.5. The van der Waals surface area contributed by atoms with E-state index in [0.29, 0.717) is 25.4 Å². The van der Waals surface area contributed by atoms with Gasteiger partial charge in [0.2, 0.25) is 0 Å². The second-order valence-electron chi connectivity index (χ2n) is 4.12. The second kappa shape index (κ2) is 6.96. The largest absolute Gasteiger partial charge is 0.350 e. The minimum absolute atomic E-state index is 0.216. The summed E-state index contributed by atoms with van der Waals surface area (Å²) in [5, 5.41) is 0. The van der Waals surface area contributed by atoms with E-state index >= 15 is 0 Å². The number of carbonyl (C=O) groups excluding carboxylic acids is 1. The van der Waals surface area contributed by atoms with Gasteiger partial charge in [-0.05, 0) is 12.8 Å². The molecule has 3 heteroatoms. The van der Waals surface area contributed by atoms with Crippen molar-refractivity contribution in [3.63, 3.8) is 0 Å². The van der Waals surface area contributed by atoms with Gasteiger partial charge in [-0.15, -0.1) is 0 Å². The Balaban J connectivity index is 2.33. The van der Waals surface area contributed by atoms with E-state index in [-0.39, 0.29) is 12.2 Å². The van der Waals surface area contributed by atoms with Crippen molar-refractivity contribution in [2.75, 3.05) is 13.2 Å². The maximum absolute atomic E-state index is 11.9. The van der Waals surface area contributed by atoms with Crippen LogP contribution in [0.15, 0.2) is 0 Å². The van der Waals surface area contributed by atoms with E-state index in [9.17, 15) is 4.79 Å². The molecule has 1 aliphatic rings. The average Bonchev–Trinajstić information content (AvgIpc) is 2.70. The van der Waals surface area contributed by atoms with Gasteiger partial charge in [0.05, 0.1) is 19.6 Å². The molecule has 1 fully saturated rings. The monoisotopic (exact) mass is 214 g/mol. The molecule has 1 saturated heterocycles. The molecule has 0 aromatic rings. The Hall–Kier alpha value is -0.410. The van der Waals surface area contributed by atoms with Crippen molar-refractivity contribution in [1.29, 1.82) is 0 Å². The lowest BCUT2D eigenvalue weighted by molar-refractivity contribution is -0.131. The number of carbonyl (C=O) groups is 1. The van der Waals surface area contributed by atoms with E-state index in [1.165, 1.54) is 0 Å². The maximum atomic E-state index is 11.9. The highest BCUT2D eigenvalue weighted by molar-refractivity contribution is 5.81. The van der Waals surface area contributed by atoms with Crippen LogP contribution in [0, 0.1) is 5.92 Å². The van der Waals surface area contributed by atoms with Crippen molar-refractivity contribution in [2.45, 2.75) is 52.2 Å². The maximum Gasteiger partial charge on any atom is 0.164 e. The van der Waals surface area contributed by atoms with Crippen LogP contribution in [0.4, 0.5) is 0 Å². The lowest BCUT2D eigenvalue weighted by Gasteiger charge is -2.16. The molecule has 1 rings (SSSR count). The highest BCUT2D eigenvalue weighted by Gasteiger charge is 2.24. The highest BCUT2D eigenvalue weighted by Crippen LogP contribution is 2.19. The van der Waals surface area contributed by atoms with Gasteiger partial charge in [-0.25, -0.2) is 0 Å². The molecule has 1 aliphatic heterocycles. The first kappa shape index (κ1) is 12.7. The first-order valence-electron chi connectivity index (χ1n) is 6.03. The van der Waals surface area contributed by atoms with Crippen molar-refractivity contribution < 1.29 is 14.3 Å². The van der Waals surface area contributed by atoms with Gasteiger partial charge in [0, 0.05) is 5.92 Å². The van der Waals surface area contributed by atoms with Gasteiger partial charge in [0.1, 0.15) is 5.78 Å². The zero-order chi connectivity index (χ0) is 11.1. The lowest BCUT2D eigenvalue weighted by Crippen LogP contribution is -2.21. The third kappa shape index (κ3) is 4.31. The molecule has 88 valence electrons. The van der Waals surface area contributed by atoms with Crippen molar-refractivity contribution in [3.05, 3.63) is 0 Å². The summed E-state index contributed by atoms with van der Waals surface area (Å²) in [6.45, 7) is 5.51. The third-order valence-electron chi connectivity index (χ3n) is 2.79. The van der Waals surface area contributed by atoms with Gasteiger partial charge in [-0.3, -0.25) is 4.79 Å². The molecule has 0 saturated carbocycles.